The van der Waals surface area contributed by atoms with Gasteiger partial charge in [0.2, 0.25) is 0 Å². The Labute approximate surface area is 80.7 Å². The van der Waals surface area contributed by atoms with Crippen LogP contribution in [0, 0.1) is 0 Å². The Morgan fingerprint density at radius 3 is 3.15 bits per heavy atom. The van der Waals surface area contributed by atoms with Gasteiger partial charge in [0.05, 0.1) is 6.21 Å². The average Bonchev–Trinajstić information content (AvgIpc) is 2.19. The first-order valence-corrected chi connectivity index (χ1v) is 5.28. The highest BCUT2D eigenvalue weighted by Gasteiger charge is 1.99. The van der Waals surface area contributed by atoms with E-state index in [1.54, 1.807) is 0 Å². The smallest absolute Gasteiger partial charge is 0.117 e. The van der Waals surface area contributed by atoms with Gasteiger partial charge in [0.25, 0.3) is 0 Å². The molecule has 0 heterocycles. The second-order valence-electron chi connectivity index (χ2n) is 3.45. The van der Waals surface area contributed by atoms with Crippen molar-refractivity contribution in [2.75, 3.05) is 6.61 Å². The van der Waals surface area contributed by atoms with E-state index in [9.17, 15) is 0 Å². The molecule has 1 aliphatic carbocycles. The van der Waals surface area contributed by atoms with E-state index in [0.717, 1.165) is 19.4 Å². The maximum Gasteiger partial charge on any atom is 0.117 e. The third-order valence-corrected chi connectivity index (χ3v) is 2.21. The van der Waals surface area contributed by atoms with Crippen LogP contribution in [0.2, 0.25) is 0 Å². The fraction of sp³-hybridized carbons (Fsp3) is 0.727. The van der Waals surface area contributed by atoms with E-state index in [1.165, 1.54) is 31.3 Å². The van der Waals surface area contributed by atoms with Crippen molar-refractivity contribution >= 4 is 6.21 Å². The molecule has 74 valence electrons. The van der Waals surface area contributed by atoms with Crippen LogP contribution in [0.3, 0.4) is 0 Å². The van der Waals surface area contributed by atoms with E-state index in [4.69, 9.17) is 4.84 Å². The molecule has 1 aliphatic rings. The van der Waals surface area contributed by atoms with Gasteiger partial charge in [-0.15, -0.1) is 0 Å². The summed E-state index contributed by atoms with van der Waals surface area (Å²) in [5, 5.41) is 3.94. The molecule has 1 rings (SSSR count). The van der Waals surface area contributed by atoms with Crippen LogP contribution in [-0.4, -0.2) is 12.8 Å². The first kappa shape index (κ1) is 10.3. The first-order chi connectivity index (χ1) is 6.43. The zero-order chi connectivity index (χ0) is 9.36. The molecule has 0 radical (unpaired) electrons. The summed E-state index contributed by atoms with van der Waals surface area (Å²) < 4.78 is 0. The lowest BCUT2D eigenvalue weighted by atomic mass is 10.0. The van der Waals surface area contributed by atoms with Crippen molar-refractivity contribution in [3.05, 3.63) is 11.6 Å². The highest BCUT2D eigenvalue weighted by Crippen LogP contribution is 2.15. The van der Waals surface area contributed by atoms with Crippen molar-refractivity contribution < 1.29 is 4.84 Å². The first-order valence-electron chi connectivity index (χ1n) is 5.28. The average molecular weight is 181 g/mol. The van der Waals surface area contributed by atoms with E-state index in [0.29, 0.717) is 0 Å². The van der Waals surface area contributed by atoms with Crippen molar-refractivity contribution in [1.82, 2.24) is 0 Å². The van der Waals surface area contributed by atoms with Crippen LogP contribution in [0.4, 0.5) is 0 Å². The van der Waals surface area contributed by atoms with Crippen LogP contribution in [0.25, 0.3) is 0 Å². The second-order valence-corrected chi connectivity index (χ2v) is 3.45. The molecule has 0 N–H and O–H groups in total. The third kappa shape index (κ3) is 4.71. The van der Waals surface area contributed by atoms with Gasteiger partial charge < -0.3 is 4.84 Å². The number of oxime groups is 1. The lowest BCUT2D eigenvalue weighted by molar-refractivity contribution is 0.142. The molecule has 0 saturated carbocycles. The Balaban J connectivity index is 2.11. The molecule has 2 nitrogen and oxygen atoms in total. The predicted molar refractivity (Wildman–Crippen MR) is 55.9 cm³/mol. The predicted octanol–water partition coefficient (Wildman–Crippen LogP) is 3.29. The van der Waals surface area contributed by atoms with Crippen molar-refractivity contribution in [1.29, 1.82) is 0 Å². The third-order valence-electron chi connectivity index (χ3n) is 2.21. The van der Waals surface area contributed by atoms with Gasteiger partial charge in [0, 0.05) is 0 Å². The maximum absolute atomic E-state index is 5.11. The summed E-state index contributed by atoms with van der Waals surface area (Å²) >= 11 is 0. The van der Waals surface area contributed by atoms with Gasteiger partial charge in [0.1, 0.15) is 6.61 Å². The zero-order valence-electron chi connectivity index (χ0n) is 8.46. The summed E-state index contributed by atoms with van der Waals surface area (Å²) in [6, 6.07) is 0. The molecule has 0 amide bonds. The molecule has 2 heteroatoms. The Morgan fingerprint density at radius 1 is 1.54 bits per heavy atom. The van der Waals surface area contributed by atoms with Crippen LogP contribution in [-0.2, 0) is 4.84 Å². The van der Waals surface area contributed by atoms with Crippen LogP contribution in [0.1, 0.15) is 45.4 Å². The molecule has 0 atom stereocenters. The van der Waals surface area contributed by atoms with Gasteiger partial charge in [-0.05, 0) is 37.7 Å². The van der Waals surface area contributed by atoms with Crippen LogP contribution in [0.5, 0.6) is 0 Å². The molecule has 0 aromatic carbocycles. The Morgan fingerprint density at radius 2 is 2.46 bits per heavy atom. The molecule has 0 fully saturated rings. The number of hydrogen-bond acceptors (Lipinski definition) is 2. The summed E-state index contributed by atoms with van der Waals surface area (Å²) in [4.78, 5) is 5.11. The topological polar surface area (TPSA) is 21.6 Å². The quantitative estimate of drug-likeness (QED) is 0.362. The van der Waals surface area contributed by atoms with E-state index >= 15 is 0 Å². The fourth-order valence-electron chi connectivity index (χ4n) is 1.35. The van der Waals surface area contributed by atoms with Crippen molar-refractivity contribution in [3.63, 3.8) is 0 Å². The highest BCUT2D eigenvalue weighted by atomic mass is 16.6. The van der Waals surface area contributed by atoms with E-state index in [1.807, 2.05) is 6.21 Å². The summed E-state index contributed by atoms with van der Waals surface area (Å²) in [5.74, 6) is 0. The molecule has 13 heavy (non-hydrogen) atoms. The molecule has 0 spiro atoms. The molecule has 0 aromatic heterocycles. The standard InChI is InChI=1S/C11H19NO/c1-2-3-9-13-12-10-11-7-5-4-6-8-11/h7,10H,2-6,8-9H2,1H3. The van der Waals surface area contributed by atoms with Crippen molar-refractivity contribution in [2.24, 2.45) is 5.16 Å². The second kappa shape index (κ2) is 6.70. The Hall–Kier alpha value is -0.790. The largest absolute Gasteiger partial charge is 0.396 e. The summed E-state index contributed by atoms with van der Waals surface area (Å²) in [7, 11) is 0. The Kier molecular flexibility index (Phi) is 5.30. The van der Waals surface area contributed by atoms with Gasteiger partial charge in [-0.25, -0.2) is 0 Å². The summed E-state index contributed by atoms with van der Waals surface area (Å²) in [6.45, 7) is 2.90. The van der Waals surface area contributed by atoms with E-state index in [2.05, 4.69) is 18.2 Å². The van der Waals surface area contributed by atoms with Gasteiger partial charge in [-0.2, -0.15) is 0 Å². The molecule has 0 saturated heterocycles. The van der Waals surface area contributed by atoms with Crippen LogP contribution < -0.4 is 0 Å². The number of rotatable bonds is 5. The van der Waals surface area contributed by atoms with Gasteiger partial charge in [-0.3, -0.25) is 0 Å². The number of nitrogens with zero attached hydrogens (tertiary/aromatic N) is 1. The monoisotopic (exact) mass is 181 g/mol. The van der Waals surface area contributed by atoms with Gasteiger partial charge in [0.15, 0.2) is 0 Å². The van der Waals surface area contributed by atoms with Crippen LogP contribution in [0.15, 0.2) is 16.8 Å². The minimum absolute atomic E-state index is 0.750. The minimum atomic E-state index is 0.750. The maximum atomic E-state index is 5.11. The minimum Gasteiger partial charge on any atom is -0.396 e. The number of hydrogen-bond donors (Lipinski definition) is 0. The van der Waals surface area contributed by atoms with Crippen LogP contribution >= 0.6 is 0 Å². The van der Waals surface area contributed by atoms with Gasteiger partial charge >= 0.3 is 0 Å². The summed E-state index contributed by atoms with van der Waals surface area (Å²) in [5.41, 5.74) is 1.34. The highest BCUT2D eigenvalue weighted by molar-refractivity contribution is 5.78. The molecular weight excluding hydrogens is 162 g/mol. The molecule has 0 aliphatic heterocycles. The van der Waals surface area contributed by atoms with Crippen molar-refractivity contribution in [2.45, 2.75) is 45.4 Å². The SMILES string of the molecule is CCCCON=CC1=CCCCC1. The molecule has 0 aromatic rings. The molecule has 0 unspecified atom stereocenters. The lowest BCUT2D eigenvalue weighted by Gasteiger charge is -2.07. The number of allylic oxidation sites excluding steroid dienone is 2. The lowest BCUT2D eigenvalue weighted by Crippen LogP contribution is -1.94. The Bertz CT molecular complexity index is 185. The molecule has 0 bridgehead atoms. The zero-order valence-corrected chi connectivity index (χ0v) is 8.46. The normalized spacial score (nSPS) is 17.5. The van der Waals surface area contributed by atoms with Crippen molar-refractivity contribution in [3.8, 4) is 0 Å². The van der Waals surface area contributed by atoms with E-state index < -0.39 is 0 Å². The number of unbranched alkanes of at least 4 members (excludes halogenated alkanes) is 1. The fourth-order valence-corrected chi connectivity index (χ4v) is 1.35. The van der Waals surface area contributed by atoms with E-state index in [-0.39, 0.29) is 0 Å². The summed E-state index contributed by atoms with van der Waals surface area (Å²) in [6.07, 6.45) is 11.4. The molecular formula is C11H19NO. The van der Waals surface area contributed by atoms with Gasteiger partial charge in [-0.1, -0.05) is 24.6 Å².